The van der Waals surface area contributed by atoms with Crippen LogP contribution in [0.25, 0.3) is 0 Å². The summed E-state index contributed by atoms with van der Waals surface area (Å²) in [5.41, 5.74) is 0. The quantitative estimate of drug-likeness (QED) is 0.419. The van der Waals surface area contributed by atoms with Crippen molar-refractivity contribution in [2.24, 2.45) is 5.92 Å². The lowest BCUT2D eigenvalue weighted by Gasteiger charge is -2.30. The van der Waals surface area contributed by atoms with Crippen molar-refractivity contribution < 1.29 is 0 Å². The topological polar surface area (TPSA) is 3.24 Å². The van der Waals surface area contributed by atoms with Gasteiger partial charge in [0.2, 0.25) is 0 Å². The van der Waals surface area contributed by atoms with Crippen LogP contribution in [0.5, 0.6) is 0 Å². The molecule has 1 heterocycles. The average molecular weight is 304 g/mol. The Kier molecular flexibility index (Phi) is 14.4. The van der Waals surface area contributed by atoms with Gasteiger partial charge in [0.1, 0.15) is 0 Å². The van der Waals surface area contributed by atoms with E-state index in [0.29, 0.717) is 0 Å². The average Bonchev–Trinajstić information content (AvgIpc) is 2.41. The van der Waals surface area contributed by atoms with Crippen LogP contribution in [0.2, 0.25) is 0 Å². The van der Waals surface area contributed by atoms with Gasteiger partial charge in [-0.2, -0.15) is 0 Å². The van der Waals surface area contributed by atoms with E-state index in [9.17, 15) is 0 Å². The van der Waals surface area contributed by atoms with E-state index in [1.54, 1.807) is 0 Å². The standard InChI is InChI=1S/C18H37N.ClH/c1-3-4-5-6-7-8-9-10-11-12-15-19-16-13-14-18(2)17-19;/h18H,3-17H2,1-2H3;1H. The third kappa shape index (κ3) is 11.0. The maximum atomic E-state index is 2.69. The number of halogens is 1. The molecule has 0 bridgehead atoms. The third-order valence-electron chi connectivity index (χ3n) is 4.57. The summed E-state index contributed by atoms with van der Waals surface area (Å²) in [6.45, 7) is 8.79. The van der Waals surface area contributed by atoms with Gasteiger partial charge in [-0.15, -0.1) is 12.4 Å². The van der Waals surface area contributed by atoms with E-state index in [2.05, 4.69) is 18.7 Å². The molecule has 1 aliphatic heterocycles. The van der Waals surface area contributed by atoms with E-state index in [4.69, 9.17) is 0 Å². The highest BCUT2D eigenvalue weighted by Gasteiger charge is 2.14. The largest absolute Gasteiger partial charge is 0.303 e. The highest BCUT2D eigenvalue weighted by Crippen LogP contribution is 2.16. The minimum Gasteiger partial charge on any atom is -0.303 e. The second-order valence-electron chi connectivity index (χ2n) is 6.73. The first-order chi connectivity index (χ1) is 9.33. The molecule has 2 heteroatoms. The Labute approximate surface area is 134 Å². The molecule has 20 heavy (non-hydrogen) atoms. The zero-order valence-electron chi connectivity index (χ0n) is 14.0. The van der Waals surface area contributed by atoms with Gasteiger partial charge in [0.25, 0.3) is 0 Å². The summed E-state index contributed by atoms with van der Waals surface area (Å²) >= 11 is 0. The van der Waals surface area contributed by atoms with Crippen molar-refractivity contribution >= 4 is 12.4 Å². The van der Waals surface area contributed by atoms with Crippen LogP contribution in [-0.4, -0.2) is 24.5 Å². The summed E-state index contributed by atoms with van der Waals surface area (Å²) < 4.78 is 0. The van der Waals surface area contributed by atoms with E-state index in [1.807, 2.05) is 0 Å². The SMILES string of the molecule is CCCCCCCCCCCCN1CCCC(C)C1.Cl. The molecule has 0 N–H and O–H groups in total. The number of hydrogen-bond donors (Lipinski definition) is 0. The molecule has 1 unspecified atom stereocenters. The van der Waals surface area contributed by atoms with Gasteiger partial charge in [-0.1, -0.05) is 71.6 Å². The van der Waals surface area contributed by atoms with Gasteiger partial charge in [-0.05, 0) is 38.3 Å². The molecule has 0 amide bonds. The molecule has 0 aromatic carbocycles. The van der Waals surface area contributed by atoms with Crippen molar-refractivity contribution in [3.05, 3.63) is 0 Å². The summed E-state index contributed by atoms with van der Waals surface area (Å²) in [6.07, 6.45) is 17.4. The zero-order valence-corrected chi connectivity index (χ0v) is 14.9. The first kappa shape index (κ1) is 20.2. The Morgan fingerprint density at radius 3 is 1.95 bits per heavy atom. The van der Waals surface area contributed by atoms with E-state index in [0.717, 1.165) is 5.92 Å². The van der Waals surface area contributed by atoms with Crippen LogP contribution in [-0.2, 0) is 0 Å². The highest BCUT2D eigenvalue weighted by molar-refractivity contribution is 5.85. The highest BCUT2D eigenvalue weighted by atomic mass is 35.5. The van der Waals surface area contributed by atoms with Crippen molar-refractivity contribution in [3.8, 4) is 0 Å². The van der Waals surface area contributed by atoms with Crippen LogP contribution >= 0.6 is 12.4 Å². The minimum absolute atomic E-state index is 0. The zero-order chi connectivity index (χ0) is 13.8. The number of nitrogens with zero attached hydrogens (tertiary/aromatic N) is 1. The van der Waals surface area contributed by atoms with E-state index in [1.165, 1.54) is 96.7 Å². The van der Waals surface area contributed by atoms with Crippen LogP contribution in [0.4, 0.5) is 0 Å². The lowest BCUT2D eigenvalue weighted by atomic mass is 10.00. The smallest absolute Gasteiger partial charge is 0.000703 e. The summed E-state index contributed by atoms with van der Waals surface area (Å²) in [7, 11) is 0. The first-order valence-electron chi connectivity index (χ1n) is 9.05. The van der Waals surface area contributed by atoms with Crippen LogP contribution in [0, 0.1) is 5.92 Å². The van der Waals surface area contributed by atoms with Crippen LogP contribution in [0.15, 0.2) is 0 Å². The third-order valence-corrected chi connectivity index (χ3v) is 4.57. The molecule has 1 aliphatic rings. The Morgan fingerprint density at radius 1 is 0.850 bits per heavy atom. The molecule has 0 radical (unpaired) electrons. The van der Waals surface area contributed by atoms with Gasteiger partial charge in [-0.3, -0.25) is 0 Å². The fourth-order valence-corrected chi connectivity index (χ4v) is 3.31. The van der Waals surface area contributed by atoms with Crippen molar-refractivity contribution in [3.63, 3.8) is 0 Å². The van der Waals surface area contributed by atoms with Gasteiger partial charge in [0.15, 0.2) is 0 Å². The molecule has 1 fully saturated rings. The summed E-state index contributed by atoms with van der Waals surface area (Å²) in [4.78, 5) is 2.69. The van der Waals surface area contributed by atoms with Gasteiger partial charge in [0.05, 0.1) is 0 Å². The first-order valence-corrected chi connectivity index (χ1v) is 9.05. The molecule has 0 spiro atoms. The second kappa shape index (κ2) is 14.2. The Morgan fingerprint density at radius 2 is 1.40 bits per heavy atom. The number of unbranched alkanes of at least 4 members (excludes halogenated alkanes) is 9. The maximum Gasteiger partial charge on any atom is 0.000703 e. The normalized spacial score (nSPS) is 19.8. The Balaban J connectivity index is 0.00000361. The summed E-state index contributed by atoms with van der Waals surface area (Å²) in [5, 5.41) is 0. The van der Waals surface area contributed by atoms with Gasteiger partial charge < -0.3 is 4.90 Å². The number of rotatable bonds is 11. The van der Waals surface area contributed by atoms with Crippen molar-refractivity contribution in [1.29, 1.82) is 0 Å². The minimum atomic E-state index is 0. The number of hydrogen-bond acceptors (Lipinski definition) is 1. The molecule has 0 saturated carbocycles. The molecule has 1 nitrogen and oxygen atoms in total. The second-order valence-corrected chi connectivity index (χ2v) is 6.73. The van der Waals surface area contributed by atoms with Crippen molar-refractivity contribution in [2.45, 2.75) is 90.9 Å². The molecule has 0 aromatic heterocycles. The van der Waals surface area contributed by atoms with Crippen LogP contribution < -0.4 is 0 Å². The Bertz CT molecular complexity index is 196. The summed E-state index contributed by atoms with van der Waals surface area (Å²) in [6, 6.07) is 0. The molecule has 122 valence electrons. The molecular weight excluding hydrogens is 266 g/mol. The lowest BCUT2D eigenvalue weighted by Crippen LogP contribution is -2.34. The fraction of sp³-hybridized carbons (Fsp3) is 1.00. The molecule has 1 rings (SSSR count). The summed E-state index contributed by atoms with van der Waals surface area (Å²) in [5.74, 6) is 0.942. The predicted molar refractivity (Wildman–Crippen MR) is 93.9 cm³/mol. The monoisotopic (exact) mass is 303 g/mol. The van der Waals surface area contributed by atoms with Crippen LogP contribution in [0.3, 0.4) is 0 Å². The molecule has 0 aliphatic carbocycles. The van der Waals surface area contributed by atoms with Crippen LogP contribution in [0.1, 0.15) is 90.9 Å². The number of piperidine rings is 1. The predicted octanol–water partition coefficient (Wildman–Crippen LogP) is 6.06. The molecule has 0 aromatic rings. The Hall–Kier alpha value is 0.250. The van der Waals surface area contributed by atoms with E-state index >= 15 is 0 Å². The molecular formula is C18H38ClN. The van der Waals surface area contributed by atoms with Crippen molar-refractivity contribution in [1.82, 2.24) is 4.90 Å². The molecule has 1 atom stereocenters. The van der Waals surface area contributed by atoms with E-state index < -0.39 is 0 Å². The fourth-order valence-electron chi connectivity index (χ4n) is 3.31. The lowest BCUT2D eigenvalue weighted by molar-refractivity contribution is 0.180. The van der Waals surface area contributed by atoms with Gasteiger partial charge >= 0.3 is 0 Å². The van der Waals surface area contributed by atoms with Gasteiger partial charge in [-0.25, -0.2) is 0 Å². The molecule has 1 saturated heterocycles. The van der Waals surface area contributed by atoms with Gasteiger partial charge in [0, 0.05) is 6.54 Å². The maximum absolute atomic E-state index is 2.69. The van der Waals surface area contributed by atoms with Crippen molar-refractivity contribution in [2.75, 3.05) is 19.6 Å². The number of likely N-dealkylation sites (tertiary alicyclic amines) is 1. The van der Waals surface area contributed by atoms with E-state index in [-0.39, 0.29) is 12.4 Å².